The molecule has 1 heterocycles. The van der Waals surface area contributed by atoms with E-state index in [0.717, 1.165) is 10.8 Å². The Morgan fingerprint density at radius 1 is 1.31 bits per heavy atom. The number of hydrogen-bond donors (Lipinski definition) is 2. The molecule has 1 aromatic carbocycles. The number of aryl methyl sites for hydroxylation is 1. The zero-order chi connectivity index (χ0) is 11.4. The van der Waals surface area contributed by atoms with Crippen LogP contribution >= 0.6 is 11.3 Å². The monoisotopic (exact) mass is 236 g/mol. The molecule has 84 valence electrons. The van der Waals surface area contributed by atoms with E-state index in [0.29, 0.717) is 11.7 Å². The van der Waals surface area contributed by atoms with Crippen molar-refractivity contribution in [2.24, 2.45) is 5.84 Å². The number of hydrazine groups is 1. The van der Waals surface area contributed by atoms with Crippen LogP contribution < -0.4 is 16.0 Å². The van der Waals surface area contributed by atoms with E-state index in [-0.39, 0.29) is 0 Å². The van der Waals surface area contributed by atoms with Crippen LogP contribution in [0.4, 0.5) is 5.13 Å². The summed E-state index contributed by atoms with van der Waals surface area (Å²) >= 11 is 1.37. The minimum Gasteiger partial charge on any atom is -0.486 e. The van der Waals surface area contributed by atoms with Gasteiger partial charge in [-0.15, -0.1) is 10.2 Å². The highest BCUT2D eigenvalue weighted by Gasteiger charge is 2.03. The Hall–Kier alpha value is -1.66. The lowest BCUT2D eigenvalue weighted by molar-refractivity contribution is 0.304. The predicted octanol–water partition coefficient (Wildman–Crippen LogP) is 1.71. The quantitative estimate of drug-likeness (QED) is 0.624. The average Bonchev–Trinajstić information content (AvgIpc) is 2.76. The summed E-state index contributed by atoms with van der Waals surface area (Å²) in [6, 6.07) is 7.86. The minimum atomic E-state index is 0.405. The van der Waals surface area contributed by atoms with E-state index < -0.39 is 0 Å². The summed E-state index contributed by atoms with van der Waals surface area (Å²) in [7, 11) is 0. The second kappa shape index (κ2) is 4.91. The number of benzene rings is 1. The van der Waals surface area contributed by atoms with E-state index in [2.05, 4.69) is 15.6 Å². The Morgan fingerprint density at radius 3 is 2.69 bits per heavy atom. The highest BCUT2D eigenvalue weighted by atomic mass is 32.1. The van der Waals surface area contributed by atoms with Gasteiger partial charge < -0.3 is 4.74 Å². The largest absolute Gasteiger partial charge is 0.486 e. The third-order valence-corrected chi connectivity index (χ3v) is 2.80. The van der Waals surface area contributed by atoms with E-state index >= 15 is 0 Å². The highest BCUT2D eigenvalue weighted by molar-refractivity contribution is 7.15. The van der Waals surface area contributed by atoms with Gasteiger partial charge in [-0.3, -0.25) is 5.43 Å². The van der Waals surface area contributed by atoms with Crippen LogP contribution in [0.5, 0.6) is 5.75 Å². The fourth-order valence-corrected chi connectivity index (χ4v) is 1.71. The predicted molar refractivity (Wildman–Crippen MR) is 63.2 cm³/mol. The molecule has 0 fully saturated rings. The molecule has 0 radical (unpaired) electrons. The number of hydrogen-bond acceptors (Lipinski definition) is 6. The first-order valence-electron chi connectivity index (χ1n) is 4.76. The minimum absolute atomic E-state index is 0.405. The second-order valence-electron chi connectivity index (χ2n) is 3.25. The van der Waals surface area contributed by atoms with Gasteiger partial charge in [0, 0.05) is 0 Å². The first-order chi connectivity index (χ1) is 7.78. The van der Waals surface area contributed by atoms with E-state index in [4.69, 9.17) is 10.6 Å². The van der Waals surface area contributed by atoms with Crippen LogP contribution in [-0.2, 0) is 6.61 Å². The lowest BCUT2D eigenvalue weighted by Gasteiger charge is -2.03. The zero-order valence-corrected chi connectivity index (χ0v) is 9.62. The molecule has 2 rings (SSSR count). The smallest absolute Gasteiger partial charge is 0.219 e. The molecule has 1 aromatic heterocycles. The molecule has 6 heteroatoms. The average molecular weight is 236 g/mol. The van der Waals surface area contributed by atoms with Crippen molar-refractivity contribution < 1.29 is 4.74 Å². The summed E-state index contributed by atoms with van der Waals surface area (Å²) in [4.78, 5) is 0. The van der Waals surface area contributed by atoms with Gasteiger partial charge in [0.15, 0.2) is 5.01 Å². The van der Waals surface area contributed by atoms with E-state index in [1.54, 1.807) is 0 Å². The molecule has 3 N–H and O–H groups in total. The fourth-order valence-electron chi connectivity index (χ4n) is 1.15. The van der Waals surface area contributed by atoms with Crippen molar-refractivity contribution in [2.45, 2.75) is 13.5 Å². The molecule has 0 spiro atoms. The molecule has 0 saturated heterocycles. The second-order valence-corrected chi connectivity index (χ2v) is 4.31. The molecule has 2 aromatic rings. The molecule has 0 bridgehead atoms. The van der Waals surface area contributed by atoms with Gasteiger partial charge in [-0.25, -0.2) is 5.84 Å². The van der Waals surface area contributed by atoms with Crippen molar-refractivity contribution in [3.63, 3.8) is 0 Å². The van der Waals surface area contributed by atoms with Crippen LogP contribution in [0.15, 0.2) is 24.3 Å². The highest BCUT2D eigenvalue weighted by Crippen LogP contribution is 2.17. The van der Waals surface area contributed by atoms with Crippen molar-refractivity contribution in [1.29, 1.82) is 0 Å². The molecule has 0 aliphatic heterocycles. The number of aromatic nitrogens is 2. The van der Waals surface area contributed by atoms with Crippen molar-refractivity contribution in [1.82, 2.24) is 10.2 Å². The lowest BCUT2D eigenvalue weighted by Crippen LogP contribution is -2.05. The van der Waals surface area contributed by atoms with E-state index in [1.165, 1.54) is 16.9 Å². The lowest BCUT2D eigenvalue weighted by atomic mass is 10.2. The molecule has 16 heavy (non-hydrogen) atoms. The van der Waals surface area contributed by atoms with Gasteiger partial charge >= 0.3 is 0 Å². The molecule has 0 amide bonds. The summed E-state index contributed by atoms with van der Waals surface area (Å²) in [5.41, 5.74) is 3.65. The molecular formula is C10H12N4OS. The van der Waals surface area contributed by atoms with Gasteiger partial charge in [0.05, 0.1) is 0 Å². The number of ether oxygens (including phenoxy) is 1. The normalized spacial score (nSPS) is 10.1. The first-order valence-corrected chi connectivity index (χ1v) is 5.58. The Morgan fingerprint density at radius 2 is 2.06 bits per heavy atom. The van der Waals surface area contributed by atoms with Crippen LogP contribution in [-0.4, -0.2) is 10.2 Å². The molecule has 0 aliphatic carbocycles. The maximum Gasteiger partial charge on any atom is 0.219 e. The van der Waals surface area contributed by atoms with Crippen molar-refractivity contribution in [3.8, 4) is 5.75 Å². The third-order valence-electron chi connectivity index (χ3n) is 1.97. The number of nitrogens with two attached hydrogens (primary N) is 1. The van der Waals surface area contributed by atoms with E-state index in [1.807, 2.05) is 31.2 Å². The SMILES string of the molecule is Cc1ccc(OCc2nnc(NN)s2)cc1. The topological polar surface area (TPSA) is 73.1 Å². The van der Waals surface area contributed by atoms with Gasteiger partial charge in [0.2, 0.25) is 5.13 Å². The van der Waals surface area contributed by atoms with Crippen LogP contribution in [0, 0.1) is 6.92 Å². The Balaban J connectivity index is 1.94. The number of anilines is 1. The maximum atomic E-state index is 5.54. The number of nitrogens with one attached hydrogen (secondary N) is 1. The summed E-state index contributed by atoms with van der Waals surface area (Å²) < 4.78 is 5.54. The first kappa shape index (κ1) is 10.8. The van der Waals surface area contributed by atoms with Crippen molar-refractivity contribution >= 4 is 16.5 Å². The van der Waals surface area contributed by atoms with Gasteiger partial charge in [-0.1, -0.05) is 29.0 Å². The summed E-state index contributed by atoms with van der Waals surface area (Å²) in [6.45, 7) is 2.44. The van der Waals surface area contributed by atoms with Crippen LogP contribution in [0.2, 0.25) is 0 Å². The van der Waals surface area contributed by atoms with Crippen molar-refractivity contribution in [2.75, 3.05) is 5.43 Å². The zero-order valence-electron chi connectivity index (χ0n) is 8.80. The summed E-state index contributed by atoms with van der Waals surface area (Å²) in [6.07, 6.45) is 0. The standard InChI is InChI=1S/C10H12N4OS/c1-7-2-4-8(5-3-7)15-6-9-13-14-10(12-11)16-9/h2-5H,6,11H2,1H3,(H,12,14). The summed E-state index contributed by atoms with van der Waals surface area (Å²) in [5.74, 6) is 6.03. The van der Waals surface area contributed by atoms with Crippen LogP contribution in [0.1, 0.15) is 10.6 Å². The Kier molecular flexibility index (Phi) is 3.33. The number of rotatable bonds is 4. The fraction of sp³-hybridized carbons (Fsp3) is 0.200. The van der Waals surface area contributed by atoms with Gasteiger partial charge in [-0.05, 0) is 19.1 Å². The van der Waals surface area contributed by atoms with E-state index in [9.17, 15) is 0 Å². The molecule has 0 unspecified atom stereocenters. The van der Waals surface area contributed by atoms with Crippen molar-refractivity contribution in [3.05, 3.63) is 34.8 Å². The maximum absolute atomic E-state index is 5.54. The van der Waals surface area contributed by atoms with Gasteiger partial charge in [0.25, 0.3) is 0 Å². The Bertz CT molecular complexity index is 454. The summed E-state index contributed by atoms with van der Waals surface area (Å²) in [5, 5.41) is 9.11. The van der Waals surface area contributed by atoms with Crippen LogP contribution in [0.25, 0.3) is 0 Å². The molecule has 5 nitrogen and oxygen atoms in total. The van der Waals surface area contributed by atoms with Crippen LogP contribution in [0.3, 0.4) is 0 Å². The number of nitrogen functional groups attached to an aromatic ring is 1. The van der Waals surface area contributed by atoms with Gasteiger partial charge in [0.1, 0.15) is 12.4 Å². The van der Waals surface area contributed by atoms with Gasteiger partial charge in [-0.2, -0.15) is 0 Å². The molecular weight excluding hydrogens is 224 g/mol. The Labute approximate surface area is 97.2 Å². The third kappa shape index (κ3) is 2.68. The number of nitrogens with zero attached hydrogens (tertiary/aromatic N) is 2. The molecule has 0 atom stereocenters. The molecule has 0 aliphatic rings. The molecule has 0 saturated carbocycles.